The molecule has 0 saturated carbocycles. The second kappa shape index (κ2) is 7.81. The number of Topliss-reactive ketones (excluding diaryl/α,β-unsaturated/α-hetero) is 1. The molecule has 2 aromatic carbocycles. The summed E-state index contributed by atoms with van der Waals surface area (Å²) in [6, 6.07) is 17.7. The first-order valence-electron chi connectivity index (χ1n) is 6.76. The molecular formula is C18H17BrO. The van der Waals surface area contributed by atoms with Gasteiger partial charge in [0.2, 0.25) is 0 Å². The van der Waals surface area contributed by atoms with Crippen LogP contribution in [0.15, 0.2) is 65.1 Å². The highest BCUT2D eigenvalue weighted by atomic mass is 79.9. The van der Waals surface area contributed by atoms with Crippen LogP contribution in [0.25, 0.3) is 6.08 Å². The standard InChI is InChI=1S/C18H17BrO/c19-17-13-11-16(12-14-17)18(20)10-6-2-5-9-15-7-3-1-4-8-15/h1,3-5,7-9,11-14H,2,6,10H2/b9-5+. The molecule has 0 aromatic heterocycles. The van der Waals surface area contributed by atoms with Crippen LogP contribution in [0.4, 0.5) is 0 Å². The van der Waals surface area contributed by atoms with Gasteiger partial charge in [-0.05, 0) is 30.5 Å². The zero-order valence-electron chi connectivity index (χ0n) is 11.3. The Labute approximate surface area is 128 Å². The maximum Gasteiger partial charge on any atom is 0.162 e. The van der Waals surface area contributed by atoms with Gasteiger partial charge in [-0.25, -0.2) is 0 Å². The second-order valence-corrected chi connectivity index (χ2v) is 5.55. The number of halogens is 1. The molecule has 0 fully saturated rings. The Kier molecular flexibility index (Phi) is 5.75. The summed E-state index contributed by atoms with van der Waals surface area (Å²) in [6.07, 6.45) is 6.64. The molecule has 0 aliphatic rings. The van der Waals surface area contributed by atoms with Gasteiger partial charge < -0.3 is 0 Å². The molecular weight excluding hydrogens is 312 g/mol. The van der Waals surface area contributed by atoms with Gasteiger partial charge in [0, 0.05) is 16.5 Å². The number of hydrogen-bond acceptors (Lipinski definition) is 1. The Bertz CT molecular complexity index is 570. The highest BCUT2D eigenvalue weighted by Gasteiger charge is 2.04. The Morgan fingerprint density at radius 3 is 2.40 bits per heavy atom. The lowest BCUT2D eigenvalue weighted by molar-refractivity contribution is 0.0980. The predicted molar refractivity (Wildman–Crippen MR) is 87.8 cm³/mol. The van der Waals surface area contributed by atoms with Crippen LogP contribution in [0.5, 0.6) is 0 Å². The SMILES string of the molecule is O=C(CCC/C=C/c1ccccc1)c1ccc(Br)cc1. The maximum absolute atomic E-state index is 11.9. The fourth-order valence-corrected chi connectivity index (χ4v) is 2.21. The molecule has 0 amide bonds. The van der Waals surface area contributed by atoms with E-state index >= 15 is 0 Å². The summed E-state index contributed by atoms with van der Waals surface area (Å²) in [7, 11) is 0. The van der Waals surface area contributed by atoms with Crippen LogP contribution in [0.2, 0.25) is 0 Å². The van der Waals surface area contributed by atoms with Gasteiger partial charge in [0.05, 0.1) is 0 Å². The molecule has 2 aromatic rings. The average molecular weight is 329 g/mol. The van der Waals surface area contributed by atoms with E-state index in [2.05, 4.69) is 40.2 Å². The van der Waals surface area contributed by atoms with Crippen molar-refractivity contribution in [2.75, 3.05) is 0 Å². The van der Waals surface area contributed by atoms with Gasteiger partial charge in [0.25, 0.3) is 0 Å². The Balaban J connectivity index is 1.74. The summed E-state index contributed by atoms with van der Waals surface area (Å²) in [6.45, 7) is 0. The molecule has 0 aliphatic carbocycles. The first-order valence-corrected chi connectivity index (χ1v) is 7.55. The molecule has 102 valence electrons. The normalized spacial score (nSPS) is 10.8. The van der Waals surface area contributed by atoms with E-state index in [0.29, 0.717) is 6.42 Å². The second-order valence-electron chi connectivity index (χ2n) is 4.64. The summed E-state index contributed by atoms with van der Waals surface area (Å²) in [5.41, 5.74) is 1.99. The van der Waals surface area contributed by atoms with Crippen molar-refractivity contribution in [2.24, 2.45) is 0 Å². The molecule has 0 unspecified atom stereocenters. The zero-order chi connectivity index (χ0) is 14.2. The number of unbranched alkanes of at least 4 members (excludes halogenated alkanes) is 1. The third kappa shape index (κ3) is 4.78. The van der Waals surface area contributed by atoms with Crippen molar-refractivity contribution in [3.05, 3.63) is 76.3 Å². The minimum Gasteiger partial charge on any atom is -0.294 e. The van der Waals surface area contributed by atoms with Crippen LogP contribution >= 0.6 is 15.9 Å². The van der Waals surface area contributed by atoms with Crippen LogP contribution in [0, 0.1) is 0 Å². The first kappa shape index (κ1) is 14.7. The van der Waals surface area contributed by atoms with E-state index in [1.54, 1.807) is 0 Å². The van der Waals surface area contributed by atoms with E-state index in [0.717, 1.165) is 22.9 Å². The molecule has 0 aliphatic heterocycles. The van der Waals surface area contributed by atoms with Crippen LogP contribution in [-0.2, 0) is 0 Å². The van der Waals surface area contributed by atoms with E-state index in [1.807, 2.05) is 42.5 Å². The van der Waals surface area contributed by atoms with Crippen LogP contribution < -0.4 is 0 Å². The molecule has 0 radical (unpaired) electrons. The zero-order valence-corrected chi connectivity index (χ0v) is 12.8. The predicted octanol–water partition coefficient (Wildman–Crippen LogP) is 5.52. The van der Waals surface area contributed by atoms with Gasteiger partial charge in [-0.2, -0.15) is 0 Å². The fraction of sp³-hybridized carbons (Fsp3) is 0.167. The molecule has 0 saturated heterocycles. The summed E-state index contributed by atoms with van der Waals surface area (Å²) < 4.78 is 1.000. The monoisotopic (exact) mass is 328 g/mol. The van der Waals surface area contributed by atoms with E-state index in [-0.39, 0.29) is 5.78 Å². The quantitative estimate of drug-likeness (QED) is 0.504. The maximum atomic E-state index is 11.9. The van der Waals surface area contributed by atoms with Crippen molar-refractivity contribution in [1.29, 1.82) is 0 Å². The number of ketones is 1. The van der Waals surface area contributed by atoms with Crippen molar-refractivity contribution in [3.63, 3.8) is 0 Å². The van der Waals surface area contributed by atoms with Gasteiger partial charge in [-0.15, -0.1) is 0 Å². The number of hydrogen-bond donors (Lipinski definition) is 0. The van der Waals surface area contributed by atoms with Crippen LogP contribution in [-0.4, -0.2) is 5.78 Å². The minimum absolute atomic E-state index is 0.214. The summed E-state index contributed by atoms with van der Waals surface area (Å²) in [5.74, 6) is 0.214. The van der Waals surface area contributed by atoms with E-state index in [1.165, 1.54) is 5.56 Å². The highest BCUT2D eigenvalue weighted by molar-refractivity contribution is 9.10. The molecule has 0 atom stereocenters. The van der Waals surface area contributed by atoms with Crippen molar-refractivity contribution >= 4 is 27.8 Å². The molecule has 20 heavy (non-hydrogen) atoms. The number of benzene rings is 2. The van der Waals surface area contributed by atoms with Gasteiger partial charge in [0.1, 0.15) is 0 Å². The van der Waals surface area contributed by atoms with Gasteiger partial charge in [-0.1, -0.05) is 70.5 Å². The van der Waals surface area contributed by atoms with E-state index in [9.17, 15) is 4.79 Å². The third-order valence-corrected chi connectivity index (χ3v) is 3.58. The molecule has 2 heteroatoms. The molecule has 0 bridgehead atoms. The van der Waals surface area contributed by atoms with Crippen molar-refractivity contribution in [3.8, 4) is 0 Å². The van der Waals surface area contributed by atoms with Crippen molar-refractivity contribution < 1.29 is 4.79 Å². The fourth-order valence-electron chi connectivity index (χ4n) is 1.94. The molecule has 1 nitrogen and oxygen atoms in total. The van der Waals surface area contributed by atoms with Crippen LogP contribution in [0.3, 0.4) is 0 Å². The van der Waals surface area contributed by atoms with Gasteiger partial charge in [0.15, 0.2) is 5.78 Å². The molecule has 2 rings (SSSR count). The molecule has 0 heterocycles. The van der Waals surface area contributed by atoms with Crippen molar-refractivity contribution in [1.82, 2.24) is 0 Å². The summed E-state index contributed by atoms with van der Waals surface area (Å²) in [5, 5.41) is 0. The van der Waals surface area contributed by atoms with Crippen molar-refractivity contribution in [2.45, 2.75) is 19.3 Å². The number of rotatable bonds is 6. The lowest BCUT2D eigenvalue weighted by Crippen LogP contribution is -1.97. The third-order valence-electron chi connectivity index (χ3n) is 3.05. The topological polar surface area (TPSA) is 17.1 Å². The Hall–Kier alpha value is -1.67. The summed E-state index contributed by atoms with van der Waals surface area (Å²) in [4.78, 5) is 11.9. The Morgan fingerprint density at radius 2 is 1.70 bits per heavy atom. The molecule has 0 N–H and O–H groups in total. The Morgan fingerprint density at radius 1 is 1.00 bits per heavy atom. The van der Waals surface area contributed by atoms with E-state index < -0.39 is 0 Å². The lowest BCUT2D eigenvalue weighted by atomic mass is 10.1. The van der Waals surface area contributed by atoms with Crippen LogP contribution in [0.1, 0.15) is 35.2 Å². The number of carbonyl (C=O) groups is 1. The number of allylic oxidation sites excluding steroid dienone is 1. The van der Waals surface area contributed by atoms with Gasteiger partial charge in [-0.3, -0.25) is 4.79 Å². The smallest absolute Gasteiger partial charge is 0.162 e. The summed E-state index contributed by atoms with van der Waals surface area (Å²) >= 11 is 3.37. The minimum atomic E-state index is 0.214. The lowest BCUT2D eigenvalue weighted by Gasteiger charge is -2.00. The van der Waals surface area contributed by atoms with E-state index in [4.69, 9.17) is 0 Å². The average Bonchev–Trinajstić information content (AvgIpc) is 2.48. The largest absolute Gasteiger partial charge is 0.294 e. The molecule has 0 spiro atoms. The van der Waals surface area contributed by atoms with Gasteiger partial charge >= 0.3 is 0 Å². The first-order chi connectivity index (χ1) is 9.75. The number of carbonyl (C=O) groups excluding carboxylic acids is 1. The highest BCUT2D eigenvalue weighted by Crippen LogP contribution is 2.13.